The van der Waals surface area contributed by atoms with Crippen molar-refractivity contribution < 1.29 is 14.6 Å². The molecule has 0 saturated heterocycles. The van der Waals surface area contributed by atoms with Gasteiger partial charge in [-0.05, 0) is 35.4 Å². The van der Waals surface area contributed by atoms with E-state index in [1.54, 1.807) is 38.7 Å². The summed E-state index contributed by atoms with van der Waals surface area (Å²) in [5, 5.41) is 10.4. The Balaban J connectivity index is 2.27. The highest BCUT2D eigenvalue weighted by molar-refractivity contribution is 9.10. The van der Waals surface area contributed by atoms with Crippen LogP contribution >= 0.6 is 15.9 Å². The minimum absolute atomic E-state index is 0.511. The standard InChI is InChI=1S/C15H16BrNO3/c1-19-14-8-11(12(16)9-15(14)20-2)13(18)7-10-3-5-17-6-4-10/h3-6,8-9,13,18H,7H2,1-2H3. The smallest absolute Gasteiger partial charge is 0.161 e. The number of nitrogens with zero attached hydrogens (tertiary/aromatic N) is 1. The van der Waals surface area contributed by atoms with Gasteiger partial charge in [0.25, 0.3) is 0 Å². The molecule has 0 aliphatic rings. The molecule has 0 aliphatic heterocycles. The number of aromatic nitrogens is 1. The molecule has 1 aromatic heterocycles. The number of halogens is 1. The topological polar surface area (TPSA) is 51.6 Å². The van der Waals surface area contributed by atoms with Crippen LogP contribution in [-0.2, 0) is 6.42 Å². The van der Waals surface area contributed by atoms with E-state index in [-0.39, 0.29) is 0 Å². The fourth-order valence-electron chi connectivity index (χ4n) is 1.98. The fraction of sp³-hybridized carbons (Fsp3) is 0.267. The lowest BCUT2D eigenvalue weighted by Gasteiger charge is -2.16. The van der Waals surface area contributed by atoms with Gasteiger partial charge in [-0.3, -0.25) is 4.98 Å². The molecule has 0 fully saturated rings. The Bertz CT molecular complexity index is 575. The van der Waals surface area contributed by atoms with E-state index < -0.39 is 6.10 Å². The first kappa shape index (κ1) is 14.8. The lowest BCUT2D eigenvalue weighted by molar-refractivity contribution is 0.177. The van der Waals surface area contributed by atoms with Crippen molar-refractivity contribution >= 4 is 15.9 Å². The molecule has 1 atom stereocenters. The van der Waals surface area contributed by atoms with Crippen LogP contribution in [0.15, 0.2) is 41.1 Å². The minimum atomic E-state index is -0.633. The first-order chi connectivity index (χ1) is 9.65. The molecule has 20 heavy (non-hydrogen) atoms. The Morgan fingerprint density at radius 2 is 1.75 bits per heavy atom. The number of aliphatic hydroxyl groups is 1. The van der Waals surface area contributed by atoms with Gasteiger partial charge in [-0.15, -0.1) is 0 Å². The molecule has 5 heteroatoms. The van der Waals surface area contributed by atoms with E-state index in [1.807, 2.05) is 12.1 Å². The minimum Gasteiger partial charge on any atom is -0.493 e. The van der Waals surface area contributed by atoms with Gasteiger partial charge in [0.15, 0.2) is 11.5 Å². The predicted molar refractivity (Wildman–Crippen MR) is 80.1 cm³/mol. The number of rotatable bonds is 5. The van der Waals surface area contributed by atoms with Crippen LogP contribution in [-0.4, -0.2) is 24.3 Å². The highest BCUT2D eigenvalue weighted by Gasteiger charge is 2.16. The quantitative estimate of drug-likeness (QED) is 0.910. The van der Waals surface area contributed by atoms with Crippen molar-refractivity contribution in [3.63, 3.8) is 0 Å². The van der Waals surface area contributed by atoms with Crippen LogP contribution in [0.2, 0.25) is 0 Å². The molecule has 106 valence electrons. The Hall–Kier alpha value is -1.59. The second-order valence-corrected chi connectivity index (χ2v) is 5.16. The first-order valence-electron chi connectivity index (χ1n) is 6.14. The molecular weight excluding hydrogens is 322 g/mol. The van der Waals surface area contributed by atoms with Crippen molar-refractivity contribution in [2.24, 2.45) is 0 Å². The number of hydrogen-bond donors (Lipinski definition) is 1. The molecule has 4 nitrogen and oxygen atoms in total. The monoisotopic (exact) mass is 337 g/mol. The van der Waals surface area contributed by atoms with Crippen LogP contribution < -0.4 is 9.47 Å². The summed E-state index contributed by atoms with van der Waals surface area (Å²) in [6.07, 6.45) is 3.31. The molecule has 0 saturated carbocycles. The summed E-state index contributed by atoms with van der Waals surface area (Å²) >= 11 is 3.46. The summed E-state index contributed by atoms with van der Waals surface area (Å²) in [7, 11) is 3.15. The van der Waals surface area contributed by atoms with Gasteiger partial charge in [-0.2, -0.15) is 0 Å². The van der Waals surface area contributed by atoms with Crippen molar-refractivity contribution in [1.29, 1.82) is 0 Å². The number of aliphatic hydroxyl groups excluding tert-OH is 1. The van der Waals surface area contributed by atoms with Crippen LogP contribution in [0.4, 0.5) is 0 Å². The van der Waals surface area contributed by atoms with E-state index in [2.05, 4.69) is 20.9 Å². The zero-order valence-corrected chi connectivity index (χ0v) is 12.9. The maximum atomic E-state index is 10.4. The number of methoxy groups -OCH3 is 2. The molecule has 1 aromatic carbocycles. The molecule has 1 heterocycles. The molecular formula is C15H16BrNO3. The van der Waals surface area contributed by atoms with E-state index >= 15 is 0 Å². The second kappa shape index (κ2) is 6.72. The average Bonchev–Trinajstić information content (AvgIpc) is 2.47. The van der Waals surface area contributed by atoms with Crippen molar-refractivity contribution in [2.45, 2.75) is 12.5 Å². The molecule has 1 N–H and O–H groups in total. The maximum absolute atomic E-state index is 10.4. The third kappa shape index (κ3) is 3.29. The van der Waals surface area contributed by atoms with Gasteiger partial charge in [-0.1, -0.05) is 15.9 Å². The summed E-state index contributed by atoms with van der Waals surface area (Å²) in [4.78, 5) is 3.97. The molecule has 0 aliphatic carbocycles. The normalized spacial score (nSPS) is 12.0. The Kier molecular flexibility index (Phi) is 4.98. The fourth-order valence-corrected chi connectivity index (χ4v) is 2.56. The lowest BCUT2D eigenvalue weighted by atomic mass is 10.0. The van der Waals surface area contributed by atoms with E-state index in [0.717, 1.165) is 15.6 Å². The third-order valence-corrected chi connectivity index (χ3v) is 3.73. The largest absolute Gasteiger partial charge is 0.493 e. The second-order valence-electron chi connectivity index (χ2n) is 4.30. The third-order valence-electron chi connectivity index (χ3n) is 3.04. The van der Waals surface area contributed by atoms with Crippen molar-refractivity contribution in [2.75, 3.05) is 14.2 Å². The van der Waals surface area contributed by atoms with Crippen LogP contribution in [0.1, 0.15) is 17.2 Å². The number of hydrogen-bond acceptors (Lipinski definition) is 4. The highest BCUT2D eigenvalue weighted by atomic mass is 79.9. The molecule has 0 radical (unpaired) electrons. The summed E-state index contributed by atoms with van der Waals surface area (Å²) in [5.41, 5.74) is 1.79. The zero-order chi connectivity index (χ0) is 14.5. The molecule has 2 aromatic rings. The Morgan fingerprint density at radius 1 is 1.15 bits per heavy atom. The van der Waals surface area contributed by atoms with Crippen LogP contribution in [0, 0.1) is 0 Å². The van der Waals surface area contributed by atoms with Gasteiger partial charge in [-0.25, -0.2) is 0 Å². The zero-order valence-electron chi connectivity index (χ0n) is 11.3. The summed E-state index contributed by atoms with van der Waals surface area (Å²) < 4.78 is 11.3. The van der Waals surface area contributed by atoms with Crippen LogP contribution in [0.5, 0.6) is 11.5 Å². The van der Waals surface area contributed by atoms with Gasteiger partial charge in [0.2, 0.25) is 0 Å². The van der Waals surface area contributed by atoms with E-state index in [9.17, 15) is 5.11 Å². The molecule has 0 spiro atoms. The Labute approximate surface area is 126 Å². The van der Waals surface area contributed by atoms with Gasteiger partial charge < -0.3 is 14.6 Å². The lowest BCUT2D eigenvalue weighted by Crippen LogP contribution is -2.04. The van der Waals surface area contributed by atoms with Gasteiger partial charge in [0.05, 0.1) is 20.3 Å². The van der Waals surface area contributed by atoms with E-state index in [0.29, 0.717) is 17.9 Å². The van der Waals surface area contributed by atoms with Crippen LogP contribution in [0.25, 0.3) is 0 Å². The maximum Gasteiger partial charge on any atom is 0.161 e. The predicted octanol–water partition coefficient (Wildman–Crippen LogP) is 3.14. The summed E-state index contributed by atoms with van der Waals surface area (Å²) in [6.45, 7) is 0. The number of pyridine rings is 1. The summed E-state index contributed by atoms with van der Waals surface area (Å²) in [5.74, 6) is 1.22. The average molecular weight is 338 g/mol. The van der Waals surface area contributed by atoms with Crippen molar-refractivity contribution in [3.05, 3.63) is 52.3 Å². The van der Waals surface area contributed by atoms with Gasteiger partial charge >= 0.3 is 0 Å². The molecule has 0 bridgehead atoms. The van der Waals surface area contributed by atoms with Crippen molar-refractivity contribution in [3.8, 4) is 11.5 Å². The first-order valence-corrected chi connectivity index (χ1v) is 6.93. The summed E-state index contributed by atoms with van der Waals surface area (Å²) in [6, 6.07) is 7.36. The van der Waals surface area contributed by atoms with Gasteiger partial charge in [0, 0.05) is 23.3 Å². The molecule has 2 rings (SSSR count). The number of ether oxygens (including phenoxy) is 2. The number of benzene rings is 1. The Morgan fingerprint density at radius 3 is 2.35 bits per heavy atom. The van der Waals surface area contributed by atoms with E-state index in [4.69, 9.17) is 9.47 Å². The van der Waals surface area contributed by atoms with Gasteiger partial charge in [0.1, 0.15) is 0 Å². The molecule has 0 amide bonds. The SMILES string of the molecule is COc1cc(Br)c(C(O)Cc2ccncc2)cc1OC. The molecule has 1 unspecified atom stereocenters. The highest BCUT2D eigenvalue weighted by Crippen LogP contribution is 2.36. The van der Waals surface area contributed by atoms with Crippen LogP contribution in [0.3, 0.4) is 0 Å². The van der Waals surface area contributed by atoms with Crippen molar-refractivity contribution in [1.82, 2.24) is 4.98 Å². The van der Waals surface area contributed by atoms with E-state index in [1.165, 1.54) is 0 Å².